The van der Waals surface area contributed by atoms with E-state index in [4.69, 9.17) is 16.1 Å². The fourth-order valence-electron chi connectivity index (χ4n) is 1.06. The van der Waals surface area contributed by atoms with Gasteiger partial charge in [-0.05, 0) is 6.92 Å². The van der Waals surface area contributed by atoms with Crippen molar-refractivity contribution in [2.75, 3.05) is 0 Å². The Morgan fingerprint density at radius 1 is 1.64 bits per heavy atom. The second-order valence-corrected chi connectivity index (χ2v) is 3.59. The van der Waals surface area contributed by atoms with Crippen molar-refractivity contribution in [1.82, 2.24) is 20.2 Å². The Kier molecular flexibility index (Phi) is 2.49. The minimum Gasteiger partial charge on any atom is -0.359 e. The van der Waals surface area contributed by atoms with Gasteiger partial charge in [-0.25, -0.2) is 4.68 Å². The Balaban J connectivity index is 2.11. The Labute approximate surface area is 85.6 Å². The average Bonchev–Trinajstić information content (AvgIpc) is 2.75. The van der Waals surface area contributed by atoms with Gasteiger partial charge in [0, 0.05) is 6.07 Å². The molecule has 14 heavy (non-hydrogen) atoms. The zero-order valence-electron chi connectivity index (χ0n) is 7.59. The molecule has 0 aliphatic rings. The van der Waals surface area contributed by atoms with E-state index in [0.717, 1.165) is 11.5 Å². The number of nitrogens with zero attached hydrogens (tertiary/aromatic N) is 4. The van der Waals surface area contributed by atoms with Gasteiger partial charge >= 0.3 is 0 Å². The van der Waals surface area contributed by atoms with Crippen molar-refractivity contribution in [2.24, 2.45) is 0 Å². The lowest BCUT2D eigenvalue weighted by molar-refractivity contribution is 0.370. The van der Waals surface area contributed by atoms with E-state index in [1.807, 2.05) is 6.92 Å². The predicted octanol–water partition coefficient (Wildman–Crippen LogP) is 1.61. The summed E-state index contributed by atoms with van der Waals surface area (Å²) >= 11 is 5.85. The third kappa shape index (κ3) is 1.93. The molecule has 1 atom stereocenters. The molecule has 0 radical (unpaired) electrons. The molecule has 0 amide bonds. The number of rotatable bonds is 3. The van der Waals surface area contributed by atoms with Crippen LogP contribution in [-0.4, -0.2) is 20.2 Å². The van der Waals surface area contributed by atoms with Crippen molar-refractivity contribution in [1.29, 1.82) is 0 Å². The highest BCUT2D eigenvalue weighted by Crippen LogP contribution is 2.15. The van der Waals surface area contributed by atoms with E-state index in [1.54, 1.807) is 23.1 Å². The number of hydrogen-bond acceptors (Lipinski definition) is 4. The molecule has 0 aliphatic carbocycles. The van der Waals surface area contributed by atoms with E-state index in [2.05, 4.69) is 15.5 Å². The lowest BCUT2D eigenvalue weighted by Gasteiger charge is -1.94. The molecule has 2 rings (SSSR count). The van der Waals surface area contributed by atoms with E-state index in [1.165, 1.54) is 0 Å². The molecular formula is C8H9ClN4O. The Bertz CT molecular complexity index is 395. The summed E-state index contributed by atoms with van der Waals surface area (Å²) in [6, 6.07) is 1.78. The summed E-state index contributed by atoms with van der Waals surface area (Å²) in [5, 5.41) is 11.3. The maximum atomic E-state index is 5.85. The monoisotopic (exact) mass is 212 g/mol. The van der Waals surface area contributed by atoms with Crippen LogP contribution in [-0.2, 0) is 6.54 Å². The summed E-state index contributed by atoms with van der Waals surface area (Å²) in [4.78, 5) is 0. The third-order valence-electron chi connectivity index (χ3n) is 1.77. The summed E-state index contributed by atoms with van der Waals surface area (Å²) in [5.41, 5.74) is 0.756. The minimum atomic E-state index is -0.126. The molecule has 0 aromatic carbocycles. The molecule has 0 saturated heterocycles. The molecule has 2 aromatic heterocycles. The van der Waals surface area contributed by atoms with Gasteiger partial charge in [0.1, 0.15) is 12.2 Å². The van der Waals surface area contributed by atoms with E-state index < -0.39 is 0 Å². The second-order valence-electron chi connectivity index (χ2n) is 2.94. The van der Waals surface area contributed by atoms with E-state index in [-0.39, 0.29) is 5.38 Å². The topological polar surface area (TPSA) is 56.7 Å². The molecular weight excluding hydrogens is 204 g/mol. The SMILES string of the molecule is CC(Cl)c1cn(Cc2ccno2)nn1. The molecule has 0 N–H and O–H groups in total. The number of alkyl halides is 1. The quantitative estimate of drug-likeness (QED) is 0.726. The lowest BCUT2D eigenvalue weighted by Crippen LogP contribution is -1.98. The first-order chi connectivity index (χ1) is 6.75. The van der Waals surface area contributed by atoms with Crippen LogP contribution in [0.15, 0.2) is 23.0 Å². The molecule has 6 heteroatoms. The summed E-state index contributed by atoms with van der Waals surface area (Å²) in [7, 11) is 0. The molecule has 0 spiro atoms. The van der Waals surface area contributed by atoms with Crippen molar-refractivity contribution in [3.63, 3.8) is 0 Å². The summed E-state index contributed by atoms with van der Waals surface area (Å²) in [6.07, 6.45) is 3.39. The fraction of sp³-hybridized carbons (Fsp3) is 0.375. The maximum absolute atomic E-state index is 5.85. The lowest BCUT2D eigenvalue weighted by atomic mass is 10.4. The Morgan fingerprint density at radius 2 is 2.50 bits per heavy atom. The summed E-state index contributed by atoms with van der Waals surface area (Å²) in [5.74, 6) is 0.740. The van der Waals surface area contributed by atoms with Gasteiger partial charge in [-0.15, -0.1) is 16.7 Å². The largest absolute Gasteiger partial charge is 0.359 e. The minimum absolute atomic E-state index is 0.126. The molecule has 2 heterocycles. The van der Waals surface area contributed by atoms with Crippen LogP contribution in [0.4, 0.5) is 0 Å². The van der Waals surface area contributed by atoms with Gasteiger partial charge in [-0.3, -0.25) is 0 Å². The first kappa shape index (κ1) is 9.21. The number of aromatic nitrogens is 4. The zero-order valence-corrected chi connectivity index (χ0v) is 8.35. The van der Waals surface area contributed by atoms with E-state index in [0.29, 0.717) is 6.54 Å². The van der Waals surface area contributed by atoms with Crippen LogP contribution in [0.25, 0.3) is 0 Å². The molecule has 1 unspecified atom stereocenters. The molecule has 5 nitrogen and oxygen atoms in total. The molecule has 74 valence electrons. The molecule has 0 fully saturated rings. The summed E-state index contributed by atoms with van der Waals surface area (Å²) < 4.78 is 6.60. The Hall–Kier alpha value is -1.36. The van der Waals surface area contributed by atoms with Gasteiger partial charge in [0.05, 0.1) is 17.8 Å². The van der Waals surface area contributed by atoms with Gasteiger partial charge in [-0.2, -0.15) is 0 Å². The van der Waals surface area contributed by atoms with Crippen LogP contribution in [0, 0.1) is 0 Å². The third-order valence-corrected chi connectivity index (χ3v) is 2.00. The van der Waals surface area contributed by atoms with Crippen molar-refractivity contribution in [3.05, 3.63) is 29.9 Å². The van der Waals surface area contributed by atoms with Gasteiger partial charge < -0.3 is 4.52 Å². The molecule has 2 aromatic rings. The van der Waals surface area contributed by atoms with Crippen LogP contribution in [0.2, 0.25) is 0 Å². The van der Waals surface area contributed by atoms with Crippen LogP contribution < -0.4 is 0 Å². The van der Waals surface area contributed by atoms with Crippen LogP contribution in [0.5, 0.6) is 0 Å². The zero-order chi connectivity index (χ0) is 9.97. The first-order valence-corrected chi connectivity index (χ1v) is 4.63. The number of halogens is 1. The van der Waals surface area contributed by atoms with Crippen molar-refractivity contribution >= 4 is 11.6 Å². The van der Waals surface area contributed by atoms with Gasteiger partial charge in [0.15, 0.2) is 5.76 Å². The second kappa shape index (κ2) is 3.79. The van der Waals surface area contributed by atoms with Crippen LogP contribution >= 0.6 is 11.6 Å². The van der Waals surface area contributed by atoms with Gasteiger partial charge in [0.25, 0.3) is 0 Å². The molecule has 0 saturated carbocycles. The maximum Gasteiger partial charge on any atom is 0.158 e. The van der Waals surface area contributed by atoms with Gasteiger partial charge in [0.2, 0.25) is 0 Å². The van der Waals surface area contributed by atoms with Crippen molar-refractivity contribution in [2.45, 2.75) is 18.8 Å². The highest BCUT2D eigenvalue weighted by molar-refractivity contribution is 6.20. The van der Waals surface area contributed by atoms with E-state index >= 15 is 0 Å². The number of hydrogen-bond donors (Lipinski definition) is 0. The summed E-state index contributed by atoms with van der Waals surface area (Å²) in [6.45, 7) is 2.38. The van der Waals surface area contributed by atoms with Crippen LogP contribution in [0.1, 0.15) is 23.8 Å². The molecule has 0 aliphatic heterocycles. The standard InChI is InChI=1S/C8H9ClN4O/c1-6(9)8-5-13(12-11-8)4-7-2-3-10-14-7/h2-3,5-6H,4H2,1H3. The van der Waals surface area contributed by atoms with E-state index in [9.17, 15) is 0 Å². The fourth-order valence-corrected chi connectivity index (χ4v) is 1.16. The van der Waals surface area contributed by atoms with Crippen LogP contribution in [0.3, 0.4) is 0 Å². The van der Waals surface area contributed by atoms with Gasteiger partial charge in [-0.1, -0.05) is 10.4 Å². The first-order valence-electron chi connectivity index (χ1n) is 4.19. The van der Waals surface area contributed by atoms with Crippen molar-refractivity contribution < 1.29 is 4.52 Å². The van der Waals surface area contributed by atoms with Crippen molar-refractivity contribution in [3.8, 4) is 0 Å². The normalized spacial score (nSPS) is 13.0. The average molecular weight is 213 g/mol. The highest BCUT2D eigenvalue weighted by Gasteiger charge is 2.07. The highest BCUT2D eigenvalue weighted by atomic mass is 35.5. The Morgan fingerprint density at radius 3 is 3.07 bits per heavy atom. The molecule has 0 bridgehead atoms. The smallest absolute Gasteiger partial charge is 0.158 e. The predicted molar refractivity (Wildman–Crippen MR) is 49.9 cm³/mol.